The van der Waals surface area contributed by atoms with E-state index in [4.69, 9.17) is 0 Å². The van der Waals surface area contributed by atoms with Crippen molar-refractivity contribution in [1.29, 1.82) is 0 Å². The second kappa shape index (κ2) is 12.1. The summed E-state index contributed by atoms with van der Waals surface area (Å²) in [6, 6.07) is 0. The Labute approximate surface area is 216 Å². The minimum Gasteiger partial charge on any atom is -0.393 e. The highest BCUT2D eigenvalue weighted by molar-refractivity contribution is 7.90. The van der Waals surface area contributed by atoms with Crippen molar-refractivity contribution >= 4 is 10.0 Å². The third-order valence-corrected chi connectivity index (χ3v) is 12.7. The summed E-state index contributed by atoms with van der Waals surface area (Å²) in [7, 11) is -3.18. The first-order valence-corrected chi connectivity index (χ1v) is 16.3. The standard InChI is InChI=1S/C29H55NO4S/c1-7-24-26-18-23(31)15-16-29(26,6)25-12-8-11-22(14-13-21(5)27(25)28(24)32)20(4)10-9-17-30-35(33,34)19(2)3/h19-28,30-32H,7-18H2,1-6H3/t20-,21+,22?,23-,24-,25+,26?,27+,28-,29?/m1/s1. The molecule has 3 aliphatic carbocycles. The van der Waals surface area contributed by atoms with Crippen LogP contribution < -0.4 is 4.72 Å². The molecule has 35 heavy (non-hydrogen) atoms. The molecule has 3 saturated carbocycles. The second-order valence-corrected chi connectivity index (χ2v) is 15.5. The number of nitrogens with one attached hydrogen (secondary N) is 1. The summed E-state index contributed by atoms with van der Waals surface area (Å²) >= 11 is 0. The van der Waals surface area contributed by atoms with Crippen molar-refractivity contribution in [1.82, 2.24) is 4.72 Å². The van der Waals surface area contributed by atoms with Gasteiger partial charge in [0.15, 0.2) is 0 Å². The predicted molar refractivity (Wildman–Crippen MR) is 144 cm³/mol. The number of aliphatic hydroxyl groups is 2. The van der Waals surface area contributed by atoms with Crippen LogP contribution in [0.1, 0.15) is 112 Å². The Hall–Kier alpha value is -0.170. The Kier molecular flexibility index (Phi) is 10.2. The molecule has 0 aromatic carbocycles. The van der Waals surface area contributed by atoms with E-state index >= 15 is 0 Å². The molecule has 0 heterocycles. The minimum absolute atomic E-state index is 0.199. The van der Waals surface area contributed by atoms with Crippen LogP contribution in [0.25, 0.3) is 0 Å². The third-order valence-electron chi connectivity index (χ3n) is 10.8. The summed E-state index contributed by atoms with van der Waals surface area (Å²) in [4.78, 5) is 0. The van der Waals surface area contributed by atoms with Crippen LogP contribution in [0.4, 0.5) is 0 Å². The van der Waals surface area contributed by atoms with E-state index in [0.29, 0.717) is 48.0 Å². The Bertz CT molecular complexity index is 771. The molecule has 3 aliphatic rings. The first kappa shape index (κ1) is 29.4. The molecule has 5 nitrogen and oxygen atoms in total. The van der Waals surface area contributed by atoms with Crippen LogP contribution in [0, 0.1) is 46.8 Å². The summed E-state index contributed by atoms with van der Waals surface area (Å²) in [6.07, 6.45) is 11.4. The van der Waals surface area contributed by atoms with Gasteiger partial charge in [-0.05, 0) is 106 Å². The van der Waals surface area contributed by atoms with Crippen molar-refractivity contribution in [2.75, 3.05) is 6.54 Å². The molecule has 0 bridgehead atoms. The van der Waals surface area contributed by atoms with Crippen LogP contribution in [-0.2, 0) is 10.0 Å². The van der Waals surface area contributed by atoms with E-state index < -0.39 is 10.0 Å². The van der Waals surface area contributed by atoms with Gasteiger partial charge in [0.2, 0.25) is 10.0 Å². The Balaban J connectivity index is 1.66. The van der Waals surface area contributed by atoms with E-state index in [1.165, 1.54) is 32.1 Å². The monoisotopic (exact) mass is 513 g/mol. The zero-order valence-electron chi connectivity index (χ0n) is 23.4. The maximum Gasteiger partial charge on any atom is 0.213 e. The van der Waals surface area contributed by atoms with Crippen molar-refractivity contribution in [3.8, 4) is 0 Å². The zero-order chi connectivity index (χ0) is 26.0. The molecular weight excluding hydrogens is 458 g/mol. The number of sulfonamides is 1. The molecule has 0 spiro atoms. The average molecular weight is 514 g/mol. The van der Waals surface area contributed by atoms with E-state index in [0.717, 1.165) is 38.5 Å². The van der Waals surface area contributed by atoms with Gasteiger partial charge in [-0.15, -0.1) is 0 Å². The summed E-state index contributed by atoms with van der Waals surface area (Å²) in [6.45, 7) is 13.5. The first-order valence-electron chi connectivity index (χ1n) is 14.8. The molecule has 6 heteroatoms. The maximum absolute atomic E-state index is 12.0. The smallest absolute Gasteiger partial charge is 0.213 e. The van der Waals surface area contributed by atoms with Gasteiger partial charge in [0.1, 0.15) is 0 Å². The lowest BCUT2D eigenvalue weighted by Gasteiger charge is -2.60. The normalized spacial score (nSPS) is 41.9. The van der Waals surface area contributed by atoms with Gasteiger partial charge >= 0.3 is 0 Å². The van der Waals surface area contributed by atoms with Crippen molar-refractivity contribution in [3.63, 3.8) is 0 Å². The molecular formula is C29H55NO4S. The van der Waals surface area contributed by atoms with Crippen LogP contribution in [0.15, 0.2) is 0 Å². The van der Waals surface area contributed by atoms with E-state index in [1.54, 1.807) is 13.8 Å². The van der Waals surface area contributed by atoms with Gasteiger partial charge in [0, 0.05) is 6.54 Å². The van der Waals surface area contributed by atoms with Gasteiger partial charge in [-0.25, -0.2) is 13.1 Å². The number of hydrogen-bond donors (Lipinski definition) is 3. The van der Waals surface area contributed by atoms with E-state index in [9.17, 15) is 18.6 Å². The highest BCUT2D eigenvalue weighted by Gasteiger charge is 2.57. The average Bonchev–Trinajstić information content (AvgIpc) is 2.88. The molecule has 0 saturated heterocycles. The van der Waals surface area contributed by atoms with Gasteiger partial charge in [-0.2, -0.15) is 0 Å². The Morgan fingerprint density at radius 2 is 1.74 bits per heavy atom. The van der Waals surface area contributed by atoms with Gasteiger partial charge in [0.05, 0.1) is 17.5 Å². The number of fused-ring (bicyclic) bond motifs is 3. The summed E-state index contributed by atoms with van der Waals surface area (Å²) in [5, 5.41) is 21.8. The van der Waals surface area contributed by atoms with Gasteiger partial charge in [0.25, 0.3) is 0 Å². The zero-order valence-corrected chi connectivity index (χ0v) is 24.2. The lowest BCUT2D eigenvalue weighted by Crippen LogP contribution is -2.58. The van der Waals surface area contributed by atoms with Crippen molar-refractivity contribution in [2.45, 2.75) is 130 Å². The molecule has 0 aromatic heterocycles. The Morgan fingerprint density at radius 1 is 1.03 bits per heavy atom. The lowest BCUT2D eigenvalue weighted by atomic mass is 9.45. The molecule has 3 fully saturated rings. The highest BCUT2D eigenvalue weighted by Crippen LogP contribution is 2.61. The number of aliphatic hydroxyl groups excluding tert-OH is 2. The van der Waals surface area contributed by atoms with E-state index in [1.807, 2.05) is 0 Å². The molecule has 3 N–H and O–H groups in total. The van der Waals surface area contributed by atoms with Gasteiger partial charge < -0.3 is 10.2 Å². The van der Waals surface area contributed by atoms with Crippen molar-refractivity contribution in [2.24, 2.45) is 46.8 Å². The predicted octanol–water partition coefficient (Wildman–Crippen LogP) is 5.75. The lowest BCUT2D eigenvalue weighted by molar-refractivity contribution is -0.173. The summed E-state index contributed by atoms with van der Waals surface area (Å²) < 4.78 is 26.8. The van der Waals surface area contributed by atoms with Crippen LogP contribution in [0.3, 0.4) is 0 Å². The molecule has 206 valence electrons. The highest BCUT2D eigenvalue weighted by atomic mass is 32.2. The van der Waals surface area contributed by atoms with Crippen molar-refractivity contribution in [3.05, 3.63) is 0 Å². The maximum atomic E-state index is 12.0. The van der Waals surface area contributed by atoms with Crippen LogP contribution in [-0.4, -0.2) is 42.6 Å². The molecule has 0 aromatic rings. The van der Waals surface area contributed by atoms with Crippen LogP contribution >= 0.6 is 0 Å². The Morgan fingerprint density at radius 3 is 2.40 bits per heavy atom. The fourth-order valence-electron chi connectivity index (χ4n) is 8.47. The fourth-order valence-corrected chi connectivity index (χ4v) is 9.24. The number of rotatable bonds is 8. The minimum atomic E-state index is -3.18. The summed E-state index contributed by atoms with van der Waals surface area (Å²) in [5.41, 5.74) is 0.233. The molecule has 0 aliphatic heterocycles. The summed E-state index contributed by atoms with van der Waals surface area (Å²) in [5.74, 6) is 3.44. The van der Waals surface area contributed by atoms with E-state index in [2.05, 4.69) is 32.4 Å². The van der Waals surface area contributed by atoms with Crippen LogP contribution in [0.2, 0.25) is 0 Å². The molecule has 3 unspecified atom stereocenters. The quantitative estimate of drug-likeness (QED) is 0.361. The molecule has 0 radical (unpaired) electrons. The van der Waals surface area contributed by atoms with Crippen molar-refractivity contribution < 1.29 is 18.6 Å². The number of hydrogen-bond acceptors (Lipinski definition) is 4. The van der Waals surface area contributed by atoms with Crippen LogP contribution in [0.5, 0.6) is 0 Å². The van der Waals surface area contributed by atoms with E-state index in [-0.39, 0.29) is 22.9 Å². The molecule has 3 rings (SSSR count). The largest absolute Gasteiger partial charge is 0.393 e. The SMILES string of the molecule is CC[C@@H]1C2C[C@H](O)CCC2(C)[C@H]2CCCC([C@H](C)CCCNS(=O)(=O)C(C)C)CC[C@H](C)[C@@H]2[C@@H]1O. The molecule has 10 atom stereocenters. The van der Waals surface area contributed by atoms with Gasteiger partial charge in [-0.3, -0.25) is 0 Å². The molecule has 0 amide bonds. The topological polar surface area (TPSA) is 86.6 Å². The third kappa shape index (κ3) is 6.46. The second-order valence-electron chi connectivity index (χ2n) is 13.1. The fraction of sp³-hybridized carbons (Fsp3) is 1.00. The van der Waals surface area contributed by atoms with Gasteiger partial charge in [-0.1, -0.05) is 53.4 Å². The first-order chi connectivity index (χ1) is 16.4.